The average Bonchev–Trinajstić information content (AvgIpc) is 2.37. The Morgan fingerprint density at radius 3 is 2.70 bits per heavy atom. The smallest absolute Gasteiger partial charge is 0.251 e. The van der Waals surface area contributed by atoms with Crippen molar-refractivity contribution in [1.82, 2.24) is 10.6 Å². The summed E-state index contributed by atoms with van der Waals surface area (Å²) in [4.78, 5) is 23.3. The van der Waals surface area contributed by atoms with Crippen molar-refractivity contribution in [1.29, 1.82) is 0 Å². The van der Waals surface area contributed by atoms with E-state index in [0.717, 1.165) is 13.1 Å². The molecule has 0 saturated carbocycles. The Morgan fingerprint density at radius 2 is 2.10 bits per heavy atom. The minimum absolute atomic E-state index is 0. The van der Waals surface area contributed by atoms with Crippen LogP contribution in [0.25, 0.3) is 0 Å². The molecule has 1 aromatic rings. The molecule has 1 heterocycles. The summed E-state index contributed by atoms with van der Waals surface area (Å²) in [5.41, 5.74) is 1.23. The molecule has 2 amide bonds. The Kier molecular flexibility index (Phi) is 6.48. The van der Waals surface area contributed by atoms with Crippen molar-refractivity contribution in [3.05, 3.63) is 29.8 Å². The van der Waals surface area contributed by atoms with Gasteiger partial charge in [-0.25, -0.2) is 0 Å². The van der Waals surface area contributed by atoms with Crippen LogP contribution in [-0.4, -0.2) is 31.4 Å². The number of amides is 2. The molecule has 1 saturated heterocycles. The predicted molar refractivity (Wildman–Crippen MR) is 81.3 cm³/mol. The molecular formula is C14H20ClN3O2. The van der Waals surface area contributed by atoms with Gasteiger partial charge in [0.05, 0.1) is 0 Å². The van der Waals surface area contributed by atoms with Crippen LogP contribution in [0.2, 0.25) is 0 Å². The summed E-state index contributed by atoms with van der Waals surface area (Å²) >= 11 is 0. The van der Waals surface area contributed by atoms with E-state index < -0.39 is 0 Å². The van der Waals surface area contributed by atoms with E-state index in [1.54, 1.807) is 31.2 Å². The SMILES string of the molecule is CCC(=O)Nc1cccc(C(=O)NCC2CNC2)c1.Cl. The lowest BCUT2D eigenvalue weighted by atomic mass is 10.0. The van der Waals surface area contributed by atoms with Gasteiger partial charge in [0.15, 0.2) is 0 Å². The monoisotopic (exact) mass is 297 g/mol. The van der Waals surface area contributed by atoms with Crippen LogP contribution in [0.5, 0.6) is 0 Å². The number of carbonyl (C=O) groups excluding carboxylic acids is 2. The van der Waals surface area contributed by atoms with Gasteiger partial charge in [-0.1, -0.05) is 13.0 Å². The number of halogens is 1. The number of rotatable bonds is 5. The summed E-state index contributed by atoms with van der Waals surface area (Å²) in [6.45, 7) is 4.41. The number of hydrogen-bond donors (Lipinski definition) is 3. The van der Waals surface area contributed by atoms with Crippen molar-refractivity contribution in [2.24, 2.45) is 5.92 Å². The first kappa shape index (κ1) is 16.5. The van der Waals surface area contributed by atoms with Gasteiger partial charge in [-0.2, -0.15) is 0 Å². The largest absolute Gasteiger partial charge is 0.352 e. The van der Waals surface area contributed by atoms with Gasteiger partial charge >= 0.3 is 0 Å². The van der Waals surface area contributed by atoms with Crippen molar-refractivity contribution in [2.75, 3.05) is 25.0 Å². The maximum atomic E-state index is 12.0. The van der Waals surface area contributed by atoms with Crippen molar-refractivity contribution in [3.63, 3.8) is 0 Å². The zero-order valence-electron chi connectivity index (χ0n) is 11.4. The molecule has 3 N–H and O–H groups in total. The van der Waals surface area contributed by atoms with Crippen LogP contribution in [0.3, 0.4) is 0 Å². The van der Waals surface area contributed by atoms with Crippen LogP contribution >= 0.6 is 12.4 Å². The molecule has 6 heteroatoms. The van der Waals surface area contributed by atoms with E-state index in [1.807, 2.05) is 0 Å². The zero-order valence-corrected chi connectivity index (χ0v) is 12.3. The van der Waals surface area contributed by atoms with Gasteiger partial charge in [-0.3, -0.25) is 9.59 Å². The van der Waals surface area contributed by atoms with Crippen LogP contribution in [0.15, 0.2) is 24.3 Å². The van der Waals surface area contributed by atoms with Gasteiger partial charge in [-0.05, 0) is 18.2 Å². The minimum Gasteiger partial charge on any atom is -0.352 e. The van der Waals surface area contributed by atoms with E-state index in [2.05, 4.69) is 16.0 Å². The number of benzene rings is 1. The normalized spacial score (nSPS) is 13.8. The lowest BCUT2D eigenvalue weighted by Crippen LogP contribution is -2.48. The summed E-state index contributed by atoms with van der Waals surface area (Å²) < 4.78 is 0. The summed E-state index contributed by atoms with van der Waals surface area (Å²) in [5, 5.41) is 8.81. The zero-order chi connectivity index (χ0) is 13.7. The summed E-state index contributed by atoms with van der Waals surface area (Å²) in [6, 6.07) is 6.99. The Hall–Kier alpha value is -1.59. The van der Waals surface area contributed by atoms with Gasteiger partial charge in [0.25, 0.3) is 5.91 Å². The molecule has 0 atom stereocenters. The number of hydrogen-bond acceptors (Lipinski definition) is 3. The third-order valence-electron chi connectivity index (χ3n) is 3.15. The van der Waals surface area contributed by atoms with E-state index >= 15 is 0 Å². The molecule has 0 bridgehead atoms. The second-order valence-corrected chi connectivity index (χ2v) is 4.72. The maximum absolute atomic E-state index is 12.0. The van der Waals surface area contributed by atoms with Crippen molar-refractivity contribution < 1.29 is 9.59 Å². The van der Waals surface area contributed by atoms with Crippen LogP contribution in [-0.2, 0) is 4.79 Å². The quantitative estimate of drug-likeness (QED) is 0.769. The Bertz CT molecular complexity index is 475. The van der Waals surface area contributed by atoms with Crippen LogP contribution in [0.4, 0.5) is 5.69 Å². The van der Waals surface area contributed by atoms with E-state index in [1.165, 1.54) is 0 Å². The predicted octanol–water partition coefficient (Wildman–Crippen LogP) is 1.41. The molecule has 0 radical (unpaired) electrons. The Labute approximate surface area is 124 Å². The van der Waals surface area contributed by atoms with E-state index in [-0.39, 0.29) is 24.2 Å². The lowest BCUT2D eigenvalue weighted by molar-refractivity contribution is -0.115. The first-order valence-corrected chi connectivity index (χ1v) is 6.58. The third kappa shape index (κ3) is 4.51. The molecule has 0 aliphatic carbocycles. The number of anilines is 1. The van der Waals surface area contributed by atoms with E-state index in [0.29, 0.717) is 30.1 Å². The van der Waals surface area contributed by atoms with Gasteiger partial charge < -0.3 is 16.0 Å². The number of nitrogens with one attached hydrogen (secondary N) is 3. The third-order valence-corrected chi connectivity index (χ3v) is 3.15. The standard InChI is InChI=1S/C14H19N3O2.ClH/c1-2-13(18)17-12-5-3-4-11(6-12)14(19)16-9-10-7-15-8-10;/h3-6,10,15H,2,7-9H2,1H3,(H,16,19)(H,17,18);1H. The number of carbonyl (C=O) groups is 2. The van der Waals surface area contributed by atoms with E-state index in [4.69, 9.17) is 0 Å². The fourth-order valence-electron chi connectivity index (χ4n) is 1.82. The first-order chi connectivity index (χ1) is 9.19. The van der Waals surface area contributed by atoms with Gasteiger partial charge in [0, 0.05) is 43.2 Å². The molecule has 1 aliphatic rings. The highest BCUT2D eigenvalue weighted by Crippen LogP contribution is 2.11. The Morgan fingerprint density at radius 1 is 1.35 bits per heavy atom. The first-order valence-electron chi connectivity index (χ1n) is 6.58. The van der Waals surface area contributed by atoms with Crippen LogP contribution in [0, 0.1) is 5.92 Å². The van der Waals surface area contributed by atoms with E-state index in [9.17, 15) is 9.59 Å². The minimum atomic E-state index is -0.0977. The average molecular weight is 298 g/mol. The van der Waals surface area contributed by atoms with Crippen LogP contribution < -0.4 is 16.0 Å². The molecule has 0 spiro atoms. The summed E-state index contributed by atoms with van der Waals surface area (Å²) in [7, 11) is 0. The molecule has 5 nitrogen and oxygen atoms in total. The molecule has 1 fully saturated rings. The fraction of sp³-hybridized carbons (Fsp3) is 0.429. The van der Waals surface area contributed by atoms with Crippen molar-refractivity contribution >= 4 is 29.9 Å². The second kappa shape index (κ2) is 7.87. The maximum Gasteiger partial charge on any atom is 0.251 e. The highest BCUT2D eigenvalue weighted by atomic mass is 35.5. The molecule has 110 valence electrons. The summed E-state index contributed by atoms with van der Waals surface area (Å²) in [5.74, 6) is 0.379. The molecule has 1 aliphatic heterocycles. The molecule has 2 rings (SSSR count). The molecule has 0 aromatic heterocycles. The molecule has 1 aromatic carbocycles. The second-order valence-electron chi connectivity index (χ2n) is 4.72. The van der Waals surface area contributed by atoms with Crippen LogP contribution in [0.1, 0.15) is 23.7 Å². The van der Waals surface area contributed by atoms with Gasteiger partial charge in [-0.15, -0.1) is 12.4 Å². The Balaban J connectivity index is 0.00000200. The highest BCUT2D eigenvalue weighted by Gasteiger charge is 2.17. The summed E-state index contributed by atoms with van der Waals surface area (Å²) in [6.07, 6.45) is 0.422. The lowest BCUT2D eigenvalue weighted by Gasteiger charge is -2.27. The molecule has 0 unspecified atom stereocenters. The topological polar surface area (TPSA) is 70.2 Å². The van der Waals surface area contributed by atoms with Crippen molar-refractivity contribution in [2.45, 2.75) is 13.3 Å². The van der Waals surface area contributed by atoms with Gasteiger partial charge in [0.2, 0.25) is 5.91 Å². The van der Waals surface area contributed by atoms with Crippen molar-refractivity contribution in [3.8, 4) is 0 Å². The molecule has 20 heavy (non-hydrogen) atoms. The van der Waals surface area contributed by atoms with Gasteiger partial charge in [0.1, 0.15) is 0 Å². The fourth-order valence-corrected chi connectivity index (χ4v) is 1.82. The highest BCUT2D eigenvalue weighted by molar-refractivity contribution is 5.97. The molecular weight excluding hydrogens is 278 g/mol.